The van der Waals surface area contributed by atoms with Crippen molar-refractivity contribution in [2.75, 3.05) is 13.1 Å². The maximum Gasteiger partial charge on any atom is 0.0450 e. The maximum absolute atomic E-state index is 6.09. The summed E-state index contributed by atoms with van der Waals surface area (Å²) < 4.78 is 0. The SMILES string of the molecule is Cl.Cl.Clc1ccccc1CNCCNCc1ccccc1Cl. The van der Waals surface area contributed by atoms with Crippen LogP contribution in [0.5, 0.6) is 0 Å². The van der Waals surface area contributed by atoms with E-state index in [0.29, 0.717) is 0 Å². The molecule has 0 atom stereocenters. The zero-order valence-corrected chi connectivity index (χ0v) is 15.2. The van der Waals surface area contributed by atoms with Gasteiger partial charge in [0.25, 0.3) is 0 Å². The summed E-state index contributed by atoms with van der Waals surface area (Å²) in [5, 5.41) is 8.35. The minimum Gasteiger partial charge on any atom is -0.311 e. The normalized spacial score (nSPS) is 9.73. The maximum atomic E-state index is 6.09. The highest BCUT2D eigenvalue weighted by Gasteiger charge is 1.99. The van der Waals surface area contributed by atoms with Gasteiger partial charge in [-0.2, -0.15) is 0 Å². The Labute approximate surface area is 154 Å². The van der Waals surface area contributed by atoms with Gasteiger partial charge in [0.1, 0.15) is 0 Å². The van der Waals surface area contributed by atoms with Crippen LogP contribution in [0.1, 0.15) is 11.1 Å². The number of hydrogen-bond donors (Lipinski definition) is 2. The number of nitrogens with one attached hydrogen (secondary N) is 2. The van der Waals surface area contributed by atoms with E-state index in [1.54, 1.807) is 0 Å². The molecule has 0 amide bonds. The first-order valence-electron chi connectivity index (χ1n) is 6.65. The van der Waals surface area contributed by atoms with Crippen molar-refractivity contribution >= 4 is 48.0 Å². The molecule has 0 radical (unpaired) electrons. The summed E-state index contributed by atoms with van der Waals surface area (Å²) in [6, 6.07) is 15.8. The second kappa shape index (κ2) is 12.0. The molecule has 0 aliphatic carbocycles. The molecule has 0 fully saturated rings. The molecule has 2 nitrogen and oxygen atoms in total. The fraction of sp³-hybridized carbons (Fsp3) is 0.250. The predicted molar refractivity (Wildman–Crippen MR) is 101 cm³/mol. The van der Waals surface area contributed by atoms with Gasteiger partial charge in [0.15, 0.2) is 0 Å². The van der Waals surface area contributed by atoms with Crippen LogP contribution in [0.25, 0.3) is 0 Å². The lowest BCUT2D eigenvalue weighted by Gasteiger charge is -2.08. The standard InChI is InChI=1S/C16H18Cl2N2.2ClH/c17-15-7-3-1-5-13(15)11-19-9-10-20-12-14-6-2-4-8-16(14)18;;/h1-8,19-20H,9-12H2;2*1H. The van der Waals surface area contributed by atoms with Gasteiger partial charge in [-0.25, -0.2) is 0 Å². The first-order chi connectivity index (χ1) is 9.77. The molecule has 2 rings (SSSR count). The van der Waals surface area contributed by atoms with Crippen LogP contribution >= 0.6 is 48.0 Å². The Bertz CT molecular complexity index is 500. The highest BCUT2D eigenvalue weighted by Crippen LogP contribution is 2.14. The van der Waals surface area contributed by atoms with Crippen LogP contribution in [0.3, 0.4) is 0 Å². The number of rotatable bonds is 7. The number of halogens is 4. The van der Waals surface area contributed by atoms with Gasteiger partial charge in [0.05, 0.1) is 0 Å². The lowest BCUT2D eigenvalue weighted by atomic mass is 10.2. The van der Waals surface area contributed by atoms with Crippen LogP contribution in [0, 0.1) is 0 Å². The number of benzene rings is 2. The minimum absolute atomic E-state index is 0. The average molecular weight is 382 g/mol. The van der Waals surface area contributed by atoms with Crippen molar-refractivity contribution in [2.24, 2.45) is 0 Å². The molecule has 0 bridgehead atoms. The molecule has 0 aliphatic heterocycles. The predicted octanol–water partition coefficient (Wildman–Crippen LogP) is 4.72. The summed E-state index contributed by atoms with van der Waals surface area (Å²) in [5.41, 5.74) is 2.25. The molecule has 22 heavy (non-hydrogen) atoms. The Morgan fingerprint density at radius 2 is 1.00 bits per heavy atom. The van der Waals surface area contributed by atoms with Crippen molar-refractivity contribution in [3.63, 3.8) is 0 Å². The third-order valence-corrected chi connectivity index (χ3v) is 3.76. The van der Waals surface area contributed by atoms with Gasteiger partial charge >= 0.3 is 0 Å². The van der Waals surface area contributed by atoms with Crippen molar-refractivity contribution in [1.82, 2.24) is 10.6 Å². The Kier molecular flexibility index (Phi) is 11.7. The van der Waals surface area contributed by atoms with E-state index in [0.717, 1.165) is 47.4 Å². The monoisotopic (exact) mass is 380 g/mol. The molecule has 0 saturated heterocycles. The van der Waals surface area contributed by atoms with Gasteiger partial charge in [0, 0.05) is 36.2 Å². The van der Waals surface area contributed by atoms with E-state index in [-0.39, 0.29) is 24.8 Å². The Hall–Kier alpha value is -0.480. The Balaban J connectivity index is 0.00000220. The van der Waals surface area contributed by atoms with Crippen molar-refractivity contribution in [1.29, 1.82) is 0 Å². The third kappa shape index (κ3) is 7.19. The van der Waals surface area contributed by atoms with E-state index < -0.39 is 0 Å². The van der Waals surface area contributed by atoms with E-state index in [1.165, 1.54) is 0 Å². The molecular formula is C16H20Cl4N2. The van der Waals surface area contributed by atoms with Crippen LogP contribution in [0.4, 0.5) is 0 Å². The zero-order chi connectivity index (χ0) is 14.2. The highest BCUT2D eigenvalue weighted by atomic mass is 35.5. The van der Waals surface area contributed by atoms with E-state index >= 15 is 0 Å². The fourth-order valence-electron chi connectivity index (χ4n) is 1.91. The van der Waals surface area contributed by atoms with E-state index in [9.17, 15) is 0 Å². The number of hydrogen-bond acceptors (Lipinski definition) is 2. The molecule has 0 saturated carbocycles. The van der Waals surface area contributed by atoms with Crippen molar-refractivity contribution < 1.29 is 0 Å². The van der Waals surface area contributed by atoms with Gasteiger partial charge in [-0.15, -0.1) is 24.8 Å². The molecule has 0 heterocycles. The lowest BCUT2D eigenvalue weighted by Crippen LogP contribution is -2.26. The Morgan fingerprint density at radius 3 is 1.36 bits per heavy atom. The van der Waals surface area contributed by atoms with Gasteiger partial charge in [-0.3, -0.25) is 0 Å². The summed E-state index contributed by atoms with van der Waals surface area (Å²) in [6.45, 7) is 3.34. The molecular weight excluding hydrogens is 362 g/mol. The molecule has 2 N–H and O–H groups in total. The van der Waals surface area contributed by atoms with Crippen LogP contribution < -0.4 is 10.6 Å². The zero-order valence-electron chi connectivity index (χ0n) is 12.0. The largest absolute Gasteiger partial charge is 0.311 e. The van der Waals surface area contributed by atoms with Crippen molar-refractivity contribution in [3.05, 3.63) is 69.7 Å². The molecule has 0 spiro atoms. The first-order valence-corrected chi connectivity index (χ1v) is 7.41. The van der Waals surface area contributed by atoms with E-state index in [1.807, 2.05) is 48.5 Å². The Morgan fingerprint density at radius 1 is 0.636 bits per heavy atom. The summed E-state index contributed by atoms with van der Waals surface area (Å²) >= 11 is 12.2. The first kappa shape index (κ1) is 21.5. The van der Waals surface area contributed by atoms with Gasteiger partial charge < -0.3 is 10.6 Å². The molecule has 6 heteroatoms. The van der Waals surface area contributed by atoms with E-state index in [4.69, 9.17) is 23.2 Å². The van der Waals surface area contributed by atoms with E-state index in [2.05, 4.69) is 10.6 Å². The summed E-state index contributed by atoms with van der Waals surface area (Å²) in [7, 11) is 0. The fourth-order valence-corrected chi connectivity index (χ4v) is 2.31. The summed E-state index contributed by atoms with van der Waals surface area (Å²) in [4.78, 5) is 0. The summed E-state index contributed by atoms with van der Waals surface area (Å²) in [5.74, 6) is 0. The topological polar surface area (TPSA) is 24.1 Å². The van der Waals surface area contributed by atoms with Crippen molar-refractivity contribution in [2.45, 2.75) is 13.1 Å². The van der Waals surface area contributed by atoms with Gasteiger partial charge in [0.2, 0.25) is 0 Å². The minimum atomic E-state index is 0. The van der Waals surface area contributed by atoms with Crippen LogP contribution in [0.15, 0.2) is 48.5 Å². The van der Waals surface area contributed by atoms with Crippen LogP contribution in [-0.4, -0.2) is 13.1 Å². The molecule has 2 aromatic rings. The lowest BCUT2D eigenvalue weighted by molar-refractivity contribution is 0.611. The molecule has 0 unspecified atom stereocenters. The second-order valence-corrected chi connectivity index (χ2v) is 5.35. The van der Waals surface area contributed by atoms with Gasteiger partial charge in [-0.1, -0.05) is 59.6 Å². The summed E-state index contributed by atoms with van der Waals surface area (Å²) in [6.07, 6.45) is 0. The van der Waals surface area contributed by atoms with Crippen molar-refractivity contribution in [3.8, 4) is 0 Å². The molecule has 0 aliphatic rings. The third-order valence-electron chi connectivity index (χ3n) is 3.03. The second-order valence-electron chi connectivity index (χ2n) is 4.54. The smallest absolute Gasteiger partial charge is 0.0450 e. The molecule has 2 aromatic carbocycles. The van der Waals surface area contributed by atoms with Crippen LogP contribution in [0.2, 0.25) is 10.0 Å². The van der Waals surface area contributed by atoms with Crippen LogP contribution in [-0.2, 0) is 13.1 Å². The average Bonchev–Trinajstić information content (AvgIpc) is 2.46. The molecule has 0 aromatic heterocycles. The molecule has 122 valence electrons. The highest BCUT2D eigenvalue weighted by molar-refractivity contribution is 6.31. The van der Waals surface area contributed by atoms with Gasteiger partial charge in [-0.05, 0) is 23.3 Å². The quantitative estimate of drug-likeness (QED) is 0.678.